The predicted molar refractivity (Wildman–Crippen MR) is 64.6 cm³/mol. The summed E-state index contributed by atoms with van der Waals surface area (Å²) in [6.07, 6.45) is 1.27. The topological polar surface area (TPSA) is 84.2 Å². The van der Waals surface area contributed by atoms with Gasteiger partial charge in [-0.15, -0.1) is 0 Å². The molecule has 1 fully saturated rings. The molecule has 0 aromatic heterocycles. The van der Waals surface area contributed by atoms with E-state index in [0.29, 0.717) is 6.54 Å². The second kappa shape index (κ2) is 7.28. The molecule has 5 heteroatoms. The lowest BCUT2D eigenvalue weighted by Gasteiger charge is -2.43. The highest BCUT2D eigenvalue weighted by molar-refractivity contribution is 4.93. The summed E-state index contributed by atoms with van der Waals surface area (Å²) < 4.78 is 0. The summed E-state index contributed by atoms with van der Waals surface area (Å²) in [4.78, 5) is 1.87. The van der Waals surface area contributed by atoms with Gasteiger partial charge in [-0.1, -0.05) is 26.2 Å². The first-order valence-corrected chi connectivity index (χ1v) is 6.51. The number of unbranched alkanes of at least 4 members (excludes halogenated alkanes) is 3. The molecule has 1 rings (SSSR count). The molecule has 0 amide bonds. The highest BCUT2D eigenvalue weighted by Gasteiger charge is 2.40. The van der Waals surface area contributed by atoms with Gasteiger partial charge in [0.15, 0.2) is 0 Å². The minimum atomic E-state index is -1.15. The van der Waals surface area contributed by atoms with Crippen molar-refractivity contribution in [3.63, 3.8) is 0 Å². The molecule has 102 valence electrons. The van der Waals surface area contributed by atoms with Gasteiger partial charge in [0.25, 0.3) is 0 Å². The Hall–Kier alpha value is -0.200. The van der Waals surface area contributed by atoms with Crippen molar-refractivity contribution < 1.29 is 20.4 Å². The van der Waals surface area contributed by atoms with Gasteiger partial charge in [-0.05, 0) is 13.0 Å². The van der Waals surface area contributed by atoms with Gasteiger partial charge >= 0.3 is 0 Å². The van der Waals surface area contributed by atoms with E-state index in [2.05, 4.69) is 6.92 Å². The zero-order valence-corrected chi connectivity index (χ0v) is 10.5. The van der Waals surface area contributed by atoms with Crippen LogP contribution in [0.2, 0.25) is 0 Å². The van der Waals surface area contributed by atoms with Crippen molar-refractivity contribution in [2.75, 3.05) is 19.7 Å². The molecule has 4 N–H and O–H groups in total. The summed E-state index contributed by atoms with van der Waals surface area (Å²) >= 11 is 0. The van der Waals surface area contributed by atoms with E-state index in [1.807, 2.05) is 4.90 Å². The Labute approximate surface area is 103 Å². The van der Waals surface area contributed by atoms with E-state index in [-0.39, 0.29) is 6.61 Å². The predicted octanol–water partition coefficient (Wildman–Crippen LogP) is -0.674. The minimum absolute atomic E-state index is 0.196. The fourth-order valence-corrected chi connectivity index (χ4v) is 2.38. The number of piperidine rings is 1. The quantitative estimate of drug-likeness (QED) is 0.468. The summed E-state index contributed by atoms with van der Waals surface area (Å²) in [6, 6.07) is -0.463. The average molecular weight is 247 g/mol. The third-order valence-corrected chi connectivity index (χ3v) is 3.51. The van der Waals surface area contributed by atoms with Gasteiger partial charge in [-0.3, -0.25) is 4.90 Å². The normalized spacial score (nSPS) is 35.1. The van der Waals surface area contributed by atoms with Crippen LogP contribution in [0.1, 0.15) is 32.6 Å². The Balaban J connectivity index is 2.45. The van der Waals surface area contributed by atoms with E-state index in [0.717, 1.165) is 25.8 Å². The van der Waals surface area contributed by atoms with Crippen molar-refractivity contribution in [2.24, 2.45) is 0 Å². The maximum Gasteiger partial charge on any atom is 0.109 e. The molecule has 0 aromatic carbocycles. The third-order valence-electron chi connectivity index (χ3n) is 3.51. The Morgan fingerprint density at radius 3 is 2.35 bits per heavy atom. The van der Waals surface area contributed by atoms with Gasteiger partial charge in [0.2, 0.25) is 0 Å². The monoisotopic (exact) mass is 247 g/mol. The Kier molecular flexibility index (Phi) is 6.37. The Morgan fingerprint density at radius 1 is 1.06 bits per heavy atom. The van der Waals surface area contributed by atoms with Crippen molar-refractivity contribution in [3.05, 3.63) is 0 Å². The van der Waals surface area contributed by atoms with Gasteiger partial charge in [0.05, 0.1) is 18.8 Å². The van der Waals surface area contributed by atoms with E-state index in [4.69, 9.17) is 0 Å². The molecule has 0 aromatic rings. The highest BCUT2D eigenvalue weighted by Crippen LogP contribution is 2.19. The van der Waals surface area contributed by atoms with Crippen LogP contribution < -0.4 is 0 Å². The summed E-state index contributed by atoms with van der Waals surface area (Å²) in [5, 5.41) is 38.2. The van der Waals surface area contributed by atoms with Gasteiger partial charge in [-0.2, -0.15) is 0 Å². The molecule has 1 aliphatic rings. The molecule has 0 bridgehead atoms. The summed E-state index contributed by atoms with van der Waals surface area (Å²) in [7, 11) is 0. The number of hydrogen-bond donors (Lipinski definition) is 4. The van der Waals surface area contributed by atoms with Crippen molar-refractivity contribution in [2.45, 2.75) is 57.0 Å². The van der Waals surface area contributed by atoms with Crippen LogP contribution in [0.5, 0.6) is 0 Å². The van der Waals surface area contributed by atoms with Crippen LogP contribution in [0.4, 0.5) is 0 Å². The first-order chi connectivity index (χ1) is 8.11. The highest BCUT2D eigenvalue weighted by atomic mass is 16.4. The first-order valence-electron chi connectivity index (χ1n) is 6.51. The van der Waals surface area contributed by atoms with Crippen LogP contribution in [-0.4, -0.2) is 69.4 Å². The molecule has 5 nitrogen and oxygen atoms in total. The van der Waals surface area contributed by atoms with Gasteiger partial charge in [-0.25, -0.2) is 0 Å². The number of rotatable bonds is 6. The van der Waals surface area contributed by atoms with E-state index in [1.165, 1.54) is 6.42 Å². The van der Waals surface area contributed by atoms with Gasteiger partial charge in [0.1, 0.15) is 12.2 Å². The molecule has 0 spiro atoms. The standard InChI is InChI=1S/C12H25NO4/c1-2-3-4-5-6-13-7-10(15)12(17)11(16)9(13)8-14/h9-12,14-17H,2-8H2,1H3/t9-,10+,11+,12-/m1/s1. The minimum Gasteiger partial charge on any atom is -0.395 e. The maximum absolute atomic E-state index is 9.77. The van der Waals surface area contributed by atoms with Crippen LogP contribution in [-0.2, 0) is 0 Å². The van der Waals surface area contributed by atoms with E-state index in [9.17, 15) is 20.4 Å². The average Bonchev–Trinajstić information content (AvgIpc) is 2.32. The molecule has 1 saturated heterocycles. The number of β-amino-alcohol motifs (C(OH)–C–C–N with tert-alkyl or cyclic N) is 1. The second-order valence-corrected chi connectivity index (χ2v) is 4.85. The molecule has 0 unspecified atom stereocenters. The third kappa shape index (κ3) is 3.89. The lowest BCUT2D eigenvalue weighted by atomic mass is 9.94. The SMILES string of the molecule is CCCCCCN1C[C@H](O)[C@@H](O)[C@@H](O)[C@H]1CO. The summed E-state index contributed by atoms with van der Waals surface area (Å²) in [6.45, 7) is 3.00. The lowest BCUT2D eigenvalue weighted by molar-refractivity contribution is -0.145. The maximum atomic E-state index is 9.77. The molecule has 0 saturated carbocycles. The summed E-state index contributed by atoms with van der Waals surface area (Å²) in [5.41, 5.74) is 0. The number of nitrogens with zero attached hydrogens (tertiary/aromatic N) is 1. The fraction of sp³-hybridized carbons (Fsp3) is 1.00. The second-order valence-electron chi connectivity index (χ2n) is 4.85. The van der Waals surface area contributed by atoms with Crippen LogP contribution in [0.15, 0.2) is 0 Å². The van der Waals surface area contributed by atoms with E-state index >= 15 is 0 Å². The zero-order valence-electron chi connectivity index (χ0n) is 10.5. The van der Waals surface area contributed by atoms with Crippen LogP contribution >= 0.6 is 0 Å². The summed E-state index contributed by atoms with van der Waals surface area (Å²) in [5.74, 6) is 0. The van der Waals surface area contributed by atoms with Crippen molar-refractivity contribution in [3.8, 4) is 0 Å². The molecule has 1 aliphatic heterocycles. The first kappa shape index (κ1) is 14.9. The smallest absolute Gasteiger partial charge is 0.109 e. The van der Waals surface area contributed by atoms with Crippen molar-refractivity contribution in [1.82, 2.24) is 4.90 Å². The molecule has 4 atom stereocenters. The number of likely N-dealkylation sites (tertiary alicyclic amines) is 1. The lowest BCUT2D eigenvalue weighted by Crippen LogP contribution is -2.62. The fourth-order valence-electron chi connectivity index (χ4n) is 2.38. The number of aliphatic hydroxyl groups is 4. The number of hydrogen-bond acceptors (Lipinski definition) is 5. The van der Waals surface area contributed by atoms with Gasteiger partial charge < -0.3 is 20.4 Å². The van der Waals surface area contributed by atoms with Gasteiger partial charge in [0, 0.05) is 6.54 Å². The zero-order chi connectivity index (χ0) is 12.8. The van der Waals surface area contributed by atoms with E-state index in [1.54, 1.807) is 0 Å². The molecule has 0 aliphatic carbocycles. The van der Waals surface area contributed by atoms with Crippen LogP contribution in [0, 0.1) is 0 Å². The molecule has 1 heterocycles. The van der Waals surface area contributed by atoms with Crippen molar-refractivity contribution >= 4 is 0 Å². The van der Waals surface area contributed by atoms with E-state index < -0.39 is 24.4 Å². The molecule has 0 radical (unpaired) electrons. The van der Waals surface area contributed by atoms with Crippen LogP contribution in [0.25, 0.3) is 0 Å². The molecular formula is C12H25NO4. The van der Waals surface area contributed by atoms with Crippen molar-refractivity contribution in [1.29, 1.82) is 0 Å². The largest absolute Gasteiger partial charge is 0.395 e. The molecule has 17 heavy (non-hydrogen) atoms. The Morgan fingerprint density at radius 2 is 1.76 bits per heavy atom. The van der Waals surface area contributed by atoms with Crippen LogP contribution in [0.3, 0.4) is 0 Å². The number of aliphatic hydroxyl groups excluding tert-OH is 4. The molecular weight excluding hydrogens is 222 g/mol. The Bertz CT molecular complexity index is 215.